The molecule has 0 aromatic heterocycles. The van der Waals surface area contributed by atoms with E-state index in [0.29, 0.717) is 6.42 Å². The summed E-state index contributed by atoms with van der Waals surface area (Å²) in [4.78, 5) is 11.8. The molecule has 0 saturated carbocycles. The van der Waals surface area contributed by atoms with E-state index in [1.54, 1.807) is 5.48 Å². The highest BCUT2D eigenvalue weighted by atomic mass is 16.5. The number of carbonyl (C=O) groups excluding carboxylic acids is 1. The van der Waals surface area contributed by atoms with Gasteiger partial charge in [-0.15, -0.1) is 0 Å². The molecule has 0 spiro atoms. The van der Waals surface area contributed by atoms with E-state index in [9.17, 15) is 4.79 Å². The van der Waals surface area contributed by atoms with Crippen LogP contribution in [0.5, 0.6) is 0 Å². The van der Waals surface area contributed by atoms with Crippen molar-refractivity contribution in [2.75, 3.05) is 18.4 Å². The molecule has 3 aromatic carbocycles. The quantitative estimate of drug-likeness (QED) is 0.179. The lowest BCUT2D eigenvalue weighted by Crippen LogP contribution is -2.17. The van der Waals surface area contributed by atoms with Crippen LogP contribution in [0, 0.1) is 0 Å². The molecule has 1 heterocycles. The van der Waals surface area contributed by atoms with Crippen LogP contribution in [-0.4, -0.2) is 24.2 Å². The molecule has 0 saturated heterocycles. The number of benzene rings is 3. The van der Waals surface area contributed by atoms with Crippen molar-refractivity contribution in [2.24, 2.45) is 0 Å². The highest BCUT2D eigenvalue weighted by molar-refractivity contribution is 5.94. The minimum absolute atomic E-state index is 0.525. The number of allylic oxidation sites excluding steroid dienone is 1. The van der Waals surface area contributed by atoms with E-state index < -0.39 is 5.91 Å². The van der Waals surface area contributed by atoms with Crippen molar-refractivity contribution in [3.8, 4) is 0 Å². The summed E-state index contributed by atoms with van der Waals surface area (Å²) < 4.78 is 0. The molecular weight excluding hydrogens is 398 g/mol. The van der Waals surface area contributed by atoms with E-state index in [1.165, 1.54) is 28.5 Å². The Bertz CT molecular complexity index is 1080. The maximum atomic E-state index is 11.8. The third-order valence-electron chi connectivity index (χ3n) is 5.78. The number of fused-ring (bicyclic) bond motifs is 1. The Hall–Kier alpha value is -3.41. The summed E-state index contributed by atoms with van der Waals surface area (Å²) in [6, 6.07) is 24.9. The standard InChI is InChI=1S/C27H29N3O2/c31-27(30-32)18-25(16-20-4-2-1-3-5-20)23-9-7-22(8-10-23)19-28-14-12-21-6-11-24-13-15-29-26(24)17-21/h1-11,17-18,28-29,32H,12-16,19H2,(H,30,31)/b25-18+. The smallest absolute Gasteiger partial charge is 0.267 e. The molecule has 0 atom stereocenters. The molecule has 1 aliphatic heterocycles. The van der Waals surface area contributed by atoms with E-state index in [1.807, 2.05) is 42.5 Å². The zero-order valence-corrected chi connectivity index (χ0v) is 18.1. The lowest BCUT2D eigenvalue weighted by Gasteiger charge is -2.11. The van der Waals surface area contributed by atoms with Crippen LogP contribution in [0.3, 0.4) is 0 Å². The van der Waals surface area contributed by atoms with E-state index in [4.69, 9.17) is 5.21 Å². The molecule has 0 unspecified atom stereocenters. The lowest BCUT2D eigenvalue weighted by atomic mass is 9.97. The minimum Gasteiger partial charge on any atom is -0.384 e. The van der Waals surface area contributed by atoms with Crippen molar-refractivity contribution >= 4 is 17.2 Å². The van der Waals surface area contributed by atoms with Gasteiger partial charge in [0.25, 0.3) is 5.91 Å². The van der Waals surface area contributed by atoms with Crippen LogP contribution < -0.4 is 16.1 Å². The zero-order valence-electron chi connectivity index (χ0n) is 18.1. The lowest BCUT2D eigenvalue weighted by molar-refractivity contribution is -0.124. The number of rotatable bonds is 9. The average Bonchev–Trinajstić information content (AvgIpc) is 3.30. The Morgan fingerprint density at radius 3 is 2.53 bits per heavy atom. The van der Waals surface area contributed by atoms with Crippen LogP contribution in [0.15, 0.2) is 78.9 Å². The molecule has 0 bridgehead atoms. The first kappa shape index (κ1) is 21.8. The molecular formula is C27H29N3O2. The summed E-state index contributed by atoms with van der Waals surface area (Å²) in [6.07, 6.45) is 4.18. The predicted molar refractivity (Wildman–Crippen MR) is 129 cm³/mol. The van der Waals surface area contributed by atoms with Gasteiger partial charge in [-0.2, -0.15) is 0 Å². The Morgan fingerprint density at radius 2 is 1.75 bits per heavy atom. The molecule has 0 radical (unpaired) electrons. The fourth-order valence-corrected chi connectivity index (χ4v) is 4.04. The van der Waals surface area contributed by atoms with Crippen molar-refractivity contribution in [1.29, 1.82) is 0 Å². The highest BCUT2D eigenvalue weighted by Crippen LogP contribution is 2.23. The van der Waals surface area contributed by atoms with Crippen molar-refractivity contribution < 1.29 is 10.0 Å². The zero-order chi connectivity index (χ0) is 22.2. The third-order valence-corrected chi connectivity index (χ3v) is 5.78. The van der Waals surface area contributed by atoms with Gasteiger partial charge in [-0.05, 0) is 65.3 Å². The molecule has 1 aliphatic rings. The van der Waals surface area contributed by atoms with Gasteiger partial charge in [0.15, 0.2) is 0 Å². The van der Waals surface area contributed by atoms with Crippen molar-refractivity contribution in [1.82, 2.24) is 10.8 Å². The molecule has 4 rings (SSSR count). The third kappa shape index (κ3) is 5.84. The summed E-state index contributed by atoms with van der Waals surface area (Å²) in [5.41, 5.74) is 9.86. The maximum Gasteiger partial charge on any atom is 0.267 e. The number of amides is 1. The second-order valence-electron chi connectivity index (χ2n) is 8.10. The molecule has 5 heteroatoms. The molecule has 5 nitrogen and oxygen atoms in total. The number of hydrogen-bond donors (Lipinski definition) is 4. The molecule has 32 heavy (non-hydrogen) atoms. The maximum absolute atomic E-state index is 11.8. The van der Waals surface area contributed by atoms with Gasteiger partial charge in [-0.1, -0.05) is 66.7 Å². The van der Waals surface area contributed by atoms with E-state index in [-0.39, 0.29) is 0 Å². The predicted octanol–water partition coefficient (Wildman–Crippen LogP) is 4.12. The van der Waals surface area contributed by atoms with Crippen LogP contribution in [0.4, 0.5) is 5.69 Å². The van der Waals surface area contributed by atoms with E-state index >= 15 is 0 Å². The van der Waals surface area contributed by atoms with Gasteiger partial charge in [0, 0.05) is 24.9 Å². The Balaban J connectivity index is 1.33. The van der Waals surface area contributed by atoms with Gasteiger partial charge in [0.1, 0.15) is 0 Å². The van der Waals surface area contributed by atoms with Gasteiger partial charge in [0.2, 0.25) is 0 Å². The average molecular weight is 428 g/mol. The van der Waals surface area contributed by atoms with E-state index in [0.717, 1.165) is 49.2 Å². The Kier molecular flexibility index (Phi) is 7.33. The number of nitrogens with one attached hydrogen (secondary N) is 3. The first-order valence-electron chi connectivity index (χ1n) is 11.1. The summed E-state index contributed by atoms with van der Waals surface area (Å²) in [6.45, 7) is 2.74. The summed E-state index contributed by atoms with van der Waals surface area (Å²) in [5, 5.41) is 15.9. The fourth-order valence-electron chi connectivity index (χ4n) is 4.04. The van der Waals surface area contributed by atoms with Gasteiger partial charge in [-0.25, -0.2) is 5.48 Å². The Morgan fingerprint density at radius 1 is 0.969 bits per heavy atom. The second-order valence-corrected chi connectivity index (χ2v) is 8.10. The van der Waals surface area contributed by atoms with Crippen LogP contribution in [-0.2, 0) is 30.6 Å². The van der Waals surface area contributed by atoms with Gasteiger partial charge >= 0.3 is 0 Å². The van der Waals surface area contributed by atoms with E-state index in [2.05, 4.69) is 41.0 Å². The number of carbonyl (C=O) groups is 1. The van der Waals surface area contributed by atoms with Crippen molar-refractivity contribution in [3.05, 3.63) is 107 Å². The molecule has 0 aliphatic carbocycles. The van der Waals surface area contributed by atoms with Crippen molar-refractivity contribution in [2.45, 2.75) is 25.8 Å². The number of hydrogen-bond acceptors (Lipinski definition) is 4. The van der Waals surface area contributed by atoms with Crippen LogP contribution >= 0.6 is 0 Å². The molecule has 3 aromatic rings. The summed E-state index contributed by atoms with van der Waals surface area (Å²) in [5.74, 6) is -0.525. The molecule has 0 fully saturated rings. The molecule has 164 valence electrons. The van der Waals surface area contributed by atoms with Gasteiger partial charge < -0.3 is 10.6 Å². The minimum atomic E-state index is -0.525. The van der Waals surface area contributed by atoms with Crippen molar-refractivity contribution in [3.63, 3.8) is 0 Å². The fraction of sp³-hybridized carbons (Fsp3) is 0.222. The van der Waals surface area contributed by atoms with Crippen LogP contribution in [0.1, 0.15) is 27.8 Å². The SMILES string of the molecule is O=C(/C=C(\Cc1ccccc1)c1ccc(CNCCc2ccc3c(c2)NCC3)cc1)NO. The first-order valence-corrected chi connectivity index (χ1v) is 11.1. The molecule has 4 N–H and O–H groups in total. The number of anilines is 1. The monoisotopic (exact) mass is 427 g/mol. The Labute approximate surface area is 189 Å². The summed E-state index contributed by atoms with van der Waals surface area (Å²) >= 11 is 0. The first-order chi connectivity index (χ1) is 15.7. The normalized spacial score (nSPS) is 12.8. The summed E-state index contributed by atoms with van der Waals surface area (Å²) in [7, 11) is 0. The largest absolute Gasteiger partial charge is 0.384 e. The highest BCUT2D eigenvalue weighted by Gasteiger charge is 2.10. The molecule has 1 amide bonds. The van der Waals surface area contributed by atoms with Crippen LogP contribution in [0.25, 0.3) is 5.57 Å². The van der Waals surface area contributed by atoms with Gasteiger partial charge in [-0.3, -0.25) is 10.0 Å². The van der Waals surface area contributed by atoms with Gasteiger partial charge in [0.05, 0.1) is 0 Å². The van der Waals surface area contributed by atoms with Crippen LogP contribution in [0.2, 0.25) is 0 Å². The topological polar surface area (TPSA) is 73.4 Å². The second kappa shape index (κ2) is 10.8. The number of hydroxylamine groups is 1.